The number of hydrogen-bond acceptors (Lipinski definition) is 3. The molecular weight excluding hydrogens is 290 g/mol. The van der Waals surface area contributed by atoms with Gasteiger partial charge in [0.05, 0.1) is 4.90 Å². The first kappa shape index (κ1) is 15.9. The van der Waals surface area contributed by atoms with Gasteiger partial charge in [0.15, 0.2) is 0 Å². The molecule has 1 aromatic carbocycles. The van der Waals surface area contributed by atoms with E-state index in [9.17, 15) is 8.78 Å². The van der Waals surface area contributed by atoms with Crippen molar-refractivity contribution >= 4 is 11.8 Å². The highest BCUT2D eigenvalue weighted by Crippen LogP contribution is 2.31. The third-order valence-corrected chi connectivity index (χ3v) is 4.10. The Hall–Kier alpha value is -1.46. The average molecular weight is 308 g/mol. The largest absolute Gasteiger partial charge is 0.313 e. The Morgan fingerprint density at radius 1 is 1.24 bits per heavy atom. The first-order chi connectivity index (χ1) is 10.1. The van der Waals surface area contributed by atoms with Crippen LogP contribution in [0.1, 0.15) is 24.5 Å². The van der Waals surface area contributed by atoms with Crippen molar-refractivity contribution in [3.63, 3.8) is 0 Å². The van der Waals surface area contributed by atoms with Crippen LogP contribution in [0.15, 0.2) is 40.4 Å². The average Bonchev–Trinajstić information content (AvgIpc) is 2.46. The zero-order valence-electron chi connectivity index (χ0n) is 12.1. The molecule has 0 radical (unpaired) electrons. The van der Waals surface area contributed by atoms with E-state index in [4.69, 9.17) is 0 Å². The third-order valence-electron chi connectivity index (χ3n) is 2.94. The summed E-state index contributed by atoms with van der Waals surface area (Å²) in [7, 11) is 0. The van der Waals surface area contributed by atoms with Crippen LogP contribution in [0.2, 0.25) is 0 Å². The first-order valence-electron chi connectivity index (χ1n) is 6.89. The van der Waals surface area contributed by atoms with Crippen molar-refractivity contribution in [1.29, 1.82) is 0 Å². The topological polar surface area (TPSA) is 24.9 Å². The second-order valence-electron chi connectivity index (χ2n) is 4.82. The molecule has 0 bridgehead atoms. The second-order valence-corrected chi connectivity index (χ2v) is 5.85. The van der Waals surface area contributed by atoms with Crippen LogP contribution in [-0.4, -0.2) is 11.5 Å². The number of hydrogen-bond donors (Lipinski definition) is 1. The fraction of sp³-hybridized carbons (Fsp3) is 0.312. The molecule has 0 saturated carbocycles. The van der Waals surface area contributed by atoms with Crippen molar-refractivity contribution in [2.75, 3.05) is 6.54 Å². The molecule has 0 amide bonds. The van der Waals surface area contributed by atoms with Gasteiger partial charge in [0, 0.05) is 12.7 Å². The van der Waals surface area contributed by atoms with E-state index in [1.165, 1.54) is 6.07 Å². The van der Waals surface area contributed by atoms with Gasteiger partial charge in [0.2, 0.25) is 0 Å². The van der Waals surface area contributed by atoms with Gasteiger partial charge in [-0.25, -0.2) is 13.8 Å². The lowest BCUT2D eigenvalue weighted by Gasteiger charge is -2.09. The van der Waals surface area contributed by atoms with Gasteiger partial charge in [-0.05, 0) is 49.2 Å². The van der Waals surface area contributed by atoms with E-state index < -0.39 is 11.6 Å². The molecule has 1 aromatic heterocycles. The minimum Gasteiger partial charge on any atom is -0.313 e. The Kier molecular flexibility index (Phi) is 5.70. The van der Waals surface area contributed by atoms with Gasteiger partial charge in [-0.1, -0.05) is 24.8 Å². The molecule has 5 heteroatoms. The molecule has 0 unspecified atom stereocenters. The second kappa shape index (κ2) is 7.52. The van der Waals surface area contributed by atoms with Gasteiger partial charge >= 0.3 is 0 Å². The van der Waals surface area contributed by atoms with E-state index in [0.29, 0.717) is 5.03 Å². The monoisotopic (exact) mass is 308 g/mol. The molecular formula is C16H18F2N2S. The molecule has 0 fully saturated rings. The Labute approximate surface area is 128 Å². The van der Waals surface area contributed by atoms with Gasteiger partial charge in [-0.2, -0.15) is 0 Å². The van der Waals surface area contributed by atoms with Crippen LogP contribution in [0.25, 0.3) is 0 Å². The lowest BCUT2D eigenvalue weighted by atomic mass is 10.2. The van der Waals surface area contributed by atoms with Gasteiger partial charge in [-0.3, -0.25) is 0 Å². The van der Waals surface area contributed by atoms with Crippen LogP contribution < -0.4 is 5.32 Å². The summed E-state index contributed by atoms with van der Waals surface area (Å²) in [6, 6.07) is 5.46. The summed E-state index contributed by atoms with van der Waals surface area (Å²) in [4.78, 5) is 4.61. The molecule has 0 spiro atoms. The predicted octanol–water partition coefficient (Wildman–Crippen LogP) is 4.32. The highest BCUT2D eigenvalue weighted by Gasteiger charge is 2.09. The molecule has 2 aromatic rings. The maximum Gasteiger partial charge on any atom is 0.137 e. The Balaban J connectivity index is 2.12. The highest BCUT2D eigenvalue weighted by molar-refractivity contribution is 7.99. The number of benzene rings is 1. The van der Waals surface area contributed by atoms with Crippen molar-refractivity contribution in [1.82, 2.24) is 10.3 Å². The summed E-state index contributed by atoms with van der Waals surface area (Å²) in [6.45, 7) is 5.77. The summed E-state index contributed by atoms with van der Waals surface area (Å²) in [5, 5.41) is 4.00. The van der Waals surface area contributed by atoms with Crippen LogP contribution in [0.4, 0.5) is 8.78 Å². The summed E-state index contributed by atoms with van der Waals surface area (Å²) in [5.41, 5.74) is 2.05. The Morgan fingerprint density at radius 3 is 2.76 bits per heavy atom. The molecule has 1 N–H and O–H groups in total. The fourth-order valence-corrected chi connectivity index (χ4v) is 2.76. The van der Waals surface area contributed by atoms with E-state index in [1.54, 1.807) is 6.20 Å². The Bertz CT molecular complexity index is 617. The highest BCUT2D eigenvalue weighted by atomic mass is 32.2. The fourth-order valence-electron chi connectivity index (χ4n) is 1.89. The number of rotatable bonds is 6. The molecule has 0 aliphatic heterocycles. The molecule has 0 aliphatic carbocycles. The van der Waals surface area contributed by atoms with E-state index in [0.717, 1.165) is 54.5 Å². The standard InChI is InChI=1S/C16H18F2N2S/c1-3-6-19-9-12-7-11(2)16(20-10-12)21-15-8-13(17)4-5-14(15)18/h4-5,7-8,10,19H,3,6,9H2,1-2H3. The quantitative estimate of drug-likeness (QED) is 0.805. The van der Waals surface area contributed by atoms with Crippen molar-refractivity contribution in [3.05, 3.63) is 53.2 Å². The number of aryl methyl sites for hydroxylation is 1. The number of pyridine rings is 1. The summed E-state index contributed by atoms with van der Waals surface area (Å²) in [6.07, 6.45) is 2.86. The van der Waals surface area contributed by atoms with Crippen molar-refractivity contribution < 1.29 is 8.78 Å². The smallest absolute Gasteiger partial charge is 0.137 e. The molecule has 0 atom stereocenters. The number of halogens is 2. The Morgan fingerprint density at radius 2 is 2.05 bits per heavy atom. The summed E-state index contributed by atoms with van der Waals surface area (Å²) < 4.78 is 26.8. The summed E-state index contributed by atoms with van der Waals surface area (Å²) >= 11 is 1.15. The van der Waals surface area contributed by atoms with E-state index in [2.05, 4.69) is 17.2 Å². The zero-order chi connectivity index (χ0) is 15.2. The van der Waals surface area contributed by atoms with E-state index in [-0.39, 0.29) is 4.90 Å². The van der Waals surface area contributed by atoms with E-state index in [1.807, 2.05) is 13.0 Å². The number of aromatic nitrogens is 1. The molecule has 2 nitrogen and oxygen atoms in total. The zero-order valence-corrected chi connectivity index (χ0v) is 12.9. The molecule has 1 heterocycles. The van der Waals surface area contributed by atoms with Crippen LogP contribution in [0.5, 0.6) is 0 Å². The minimum absolute atomic E-state index is 0.252. The maximum absolute atomic E-state index is 13.6. The normalized spacial score (nSPS) is 10.9. The van der Waals surface area contributed by atoms with Gasteiger partial charge in [0.1, 0.15) is 16.7 Å². The van der Waals surface area contributed by atoms with Gasteiger partial charge < -0.3 is 5.32 Å². The van der Waals surface area contributed by atoms with E-state index >= 15 is 0 Å². The lowest BCUT2D eigenvalue weighted by molar-refractivity contribution is 0.577. The number of nitrogens with one attached hydrogen (secondary N) is 1. The molecule has 0 saturated heterocycles. The van der Waals surface area contributed by atoms with Crippen LogP contribution >= 0.6 is 11.8 Å². The maximum atomic E-state index is 13.6. The third kappa shape index (κ3) is 4.51. The lowest BCUT2D eigenvalue weighted by Crippen LogP contribution is -2.14. The first-order valence-corrected chi connectivity index (χ1v) is 7.71. The van der Waals surface area contributed by atoms with Gasteiger partial charge in [0.25, 0.3) is 0 Å². The SMILES string of the molecule is CCCNCc1cnc(Sc2cc(F)ccc2F)c(C)c1. The van der Waals surface area contributed by atoms with Crippen LogP contribution in [0, 0.1) is 18.6 Å². The van der Waals surface area contributed by atoms with Crippen LogP contribution in [-0.2, 0) is 6.54 Å². The van der Waals surface area contributed by atoms with Gasteiger partial charge in [-0.15, -0.1) is 0 Å². The van der Waals surface area contributed by atoms with Crippen LogP contribution in [0.3, 0.4) is 0 Å². The number of nitrogens with zero attached hydrogens (tertiary/aromatic N) is 1. The predicted molar refractivity (Wildman–Crippen MR) is 81.5 cm³/mol. The summed E-state index contributed by atoms with van der Waals surface area (Å²) in [5.74, 6) is -0.881. The van der Waals surface area contributed by atoms with Crippen molar-refractivity contribution in [3.8, 4) is 0 Å². The molecule has 21 heavy (non-hydrogen) atoms. The molecule has 0 aliphatic rings. The van der Waals surface area contributed by atoms with Crippen molar-refractivity contribution in [2.24, 2.45) is 0 Å². The minimum atomic E-state index is -0.447. The van der Waals surface area contributed by atoms with Crippen molar-refractivity contribution in [2.45, 2.75) is 36.7 Å². The molecule has 112 valence electrons. The molecule has 2 rings (SSSR count).